The molecule has 2 fully saturated rings. The smallest absolute Gasteiger partial charge is 0.0247 e. The highest BCUT2D eigenvalue weighted by atomic mass is 15.2. The number of hydrogen-bond acceptors (Lipinski definition) is 2. The molecule has 0 radical (unpaired) electrons. The first-order valence-electron chi connectivity index (χ1n) is 5.26. The first-order chi connectivity index (χ1) is 6.20. The van der Waals surface area contributed by atoms with Crippen LogP contribution in [0.2, 0.25) is 0 Å². The van der Waals surface area contributed by atoms with Crippen molar-refractivity contribution < 1.29 is 0 Å². The molecular formula is C11H20N2. The van der Waals surface area contributed by atoms with Gasteiger partial charge in [-0.3, -0.25) is 4.90 Å². The lowest BCUT2D eigenvalue weighted by atomic mass is 10.0. The average molecular weight is 180 g/mol. The van der Waals surface area contributed by atoms with Gasteiger partial charge in [0.05, 0.1) is 0 Å². The molecule has 13 heavy (non-hydrogen) atoms. The summed E-state index contributed by atoms with van der Waals surface area (Å²) in [6.07, 6.45) is 2.06. The number of fused-ring (bicyclic) bond motifs is 1. The van der Waals surface area contributed by atoms with Crippen LogP contribution in [0.3, 0.4) is 0 Å². The molecule has 2 nitrogen and oxygen atoms in total. The number of nitrogens with zero attached hydrogens (tertiary/aromatic N) is 2. The molecule has 2 heterocycles. The largest absolute Gasteiger partial charge is 0.306 e. The van der Waals surface area contributed by atoms with Gasteiger partial charge in [0, 0.05) is 32.2 Å². The molecule has 2 saturated heterocycles. The summed E-state index contributed by atoms with van der Waals surface area (Å²) in [6, 6.07) is 0.566. The number of hydrogen-bond donors (Lipinski definition) is 0. The van der Waals surface area contributed by atoms with E-state index in [9.17, 15) is 0 Å². The molecule has 0 aliphatic carbocycles. The van der Waals surface area contributed by atoms with Gasteiger partial charge < -0.3 is 4.90 Å². The lowest BCUT2D eigenvalue weighted by Gasteiger charge is -2.23. The standard InChI is InChI=1S/C11H20N2/c1-4-9(2)13-7-10-5-12(3)6-11(10)8-13/h4,9-11H,1,5-8H2,2-3H3/t9?,10-,11+. The van der Waals surface area contributed by atoms with Gasteiger partial charge in [0.2, 0.25) is 0 Å². The lowest BCUT2D eigenvalue weighted by Crippen LogP contribution is -2.32. The molecule has 0 spiro atoms. The minimum Gasteiger partial charge on any atom is -0.306 e. The van der Waals surface area contributed by atoms with Gasteiger partial charge in [0.15, 0.2) is 0 Å². The van der Waals surface area contributed by atoms with Gasteiger partial charge >= 0.3 is 0 Å². The fraction of sp³-hybridized carbons (Fsp3) is 0.818. The minimum absolute atomic E-state index is 0.566. The van der Waals surface area contributed by atoms with Crippen molar-refractivity contribution in [2.45, 2.75) is 13.0 Å². The van der Waals surface area contributed by atoms with Gasteiger partial charge in [-0.05, 0) is 25.8 Å². The Kier molecular flexibility index (Phi) is 2.43. The second-order valence-corrected chi connectivity index (χ2v) is 4.67. The van der Waals surface area contributed by atoms with Crippen LogP contribution in [0.5, 0.6) is 0 Å². The molecule has 2 aliphatic rings. The van der Waals surface area contributed by atoms with Crippen LogP contribution in [-0.4, -0.2) is 49.1 Å². The summed E-state index contributed by atoms with van der Waals surface area (Å²) in [5, 5.41) is 0. The summed E-state index contributed by atoms with van der Waals surface area (Å²) < 4.78 is 0. The second-order valence-electron chi connectivity index (χ2n) is 4.67. The molecular weight excluding hydrogens is 160 g/mol. The molecule has 0 N–H and O–H groups in total. The van der Waals surface area contributed by atoms with E-state index in [4.69, 9.17) is 0 Å². The van der Waals surface area contributed by atoms with Gasteiger partial charge in [-0.25, -0.2) is 0 Å². The van der Waals surface area contributed by atoms with Crippen LogP contribution >= 0.6 is 0 Å². The third-order valence-corrected chi connectivity index (χ3v) is 3.61. The molecule has 1 unspecified atom stereocenters. The van der Waals surface area contributed by atoms with E-state index >= 15 is 0 Å². The van der Waals surface area contributed by atoms with Crippen LogP contribution in [0, 0.1) is 11.8 Å². The molecule has 0 aromatic carbocycles. The van der Waals surface area contributed by atoms with Crippen molar-refractivity contribution in [3.05, 3.63) is 12.7 Å². The van der Waals surface area contributed by atoms with Gasteiger partial charge in [0.1, 0.15) is 0 Å². The average Bonchev–Trinajstić information content (AvgIpc) is 2.59. The highest BCUT2D eigenvalue weighted by Crippen LogP contribution is 2.31. The zero-order valence-corrected chi connectivity index (χ0v) is 8.74. The maximum atomic E-state index is 3.86. The molecule has 0 amide bonds. The molecule has 3 atom stereocenters. The third kappa shape index (κ3) is 1.65. The first kappa shape index (κ1) is 9.22. The summed E-state index contributed by atoms with van der Waals surface area (Å²) in [6.45, 7) is 11.3. The predicted molar refractivity (Wildman–Crippen MR) is 55.7 cm³/mol. The van der Waals surface area contributed by atoms with Gasteiger partial charge in [0.25, 0.3) is 0 Å². The van der Waals surface area contributed by atoms with Gasteiger partial charge in [-0.2, -0.15) is 0 Å². The van der Waals surface area contributed by atoms with E-state index in [2.05, 4.69) is 36.4 Å². The number of likely N-dealkylation sites (tertiary alicyclic amines) is 2. The number of rotatable bonds is 2. The normalized spacial score (nSPS) is 37.7. The van der Waals surface area contributed by atoms with Crippen molar-refractivity contribution in [2.24, 2.45) is 11.8 Å². The van der Waals surface area contributed by atoms with Gasteiger partial charge in [-0.1, -0.05) is 6.08 Å². The summed E-state index contributed by atoms with van der Waals surface area (Å²) in [5.41, 5.74) is 0. The maximum Gasteiger partial charge on any atom is 0.0247 e. The van der Waals surface area contributed by atoms with Crippen molar-refractivity contribution in [1.29, 1.82) is 0 Å². The minimum atomic E-state index is 0.566. The fourth-order valence-electron chi connectivity index (χ4n) is 2.75. The molecule has 0 saturated carbocycles. The fourth-order valence-corrected chi connectivity index (χ4v) is 2.75. The molecule has 0 bridgehead atoms. The highest BCUT2D eigenvalue weighted by molar-refractivity contribution is 4.96. The maximum absolute atomic E-state index is 3.86. The topological polar surface area (TPSA) is 6.48 Å². The Bertz CT molecular complexity index is 188. The zero-order valence-electron chi connectivity index (χ0n) is 8.74. The zero-order chi connectivity index (χ0) is 9.42. The monoisotopic (exact) mass is 180 g/mol. The summed E-state index contributed by atoms with van der Waals surface area (Å²) >= 11 is 0. The van der Waals surface area contributed by atoms with Crippen LogP contribution in [0.4, 0.5) is 0 Å². The Morgan fingerprint density at radius 1 is 1.23 bits per heavy atom. The summed E-state index contributed by atoms with van der Waals surface area (Å²) in [4.78, 5) is 5.03. The van der Waals surface area contributed by atoms with Crippen molar-refractivity contribution in [3.63, 3.8) is 0 Å². The second kappa shape index (κ2) is 3.43. The quantitative estimate of drug-likeness (QED) is 0.586. The predicted octanol–water partition coefficient (Wildman–Crippen LogP) is 1.05. The molecule has 2 heteroatoms. The summed E-state index contributed by atoms with van der Waals surface area (Å²) in [5.74, 6) is 1.85. The van der Waals surface area contributed by atoms with Crippen molar-refractivity contribution in [2.75, 3.05) is 33.2 Å². The molecule has 0 aromatic heterocycles. The Morgan fingerprint density at radius 2 is 1.77 bits per heavy atom. The van der Waals surface area contributed by atoms with E-state index < -0.39 is 0 Å². The first-order valence-corrected chi connectivity index (χ1v) is 5.26. The molecule has 2 aliphatic heterocycles. The van der Waals surface area contributed by atoms with Gasteiger partial charge in [-0.15, -0.1) is 6.58 Å². The van der Waals surface area contributed by atoms with Crippen molar-refractivity contribution in [1.82, 2.24) is 9.80 Å². The van der Waals surface area contributed by atoms with Crippen LogP contribution in [0.25, 0.3) is 0 Å². The Morgan fingerprint density at radius 3 is 2.23 bits per heavy atom. The van der Waals surface area contributed by atoms with E-state index in [1.165, 1.54) is 26.2 Å². The van der Waals surface area contributed by atoms with Crippen molar-refractivity contribution >= 4 is 0 Å². The van der Waals surface area contributed by atoms with Crippen LogP contribution in [0.15, 0.2) is 12.7 Å². The molecule has 0 aromatic rings. The van der Waals surface area contributed by atoms with E-state index in [0.29, 0.717) is 6.04 Å². The van der Waals surface area contributed by atoms with E-state index in [0.717, 1.165) is 11.8 Å². The lowest BCUT2D eigenvalue weighted by molar-refractivity contribution is 0.252. The third-order valence-electron chi connectivity index (χ3n) is 3.61. The van der Waals surface area contributed by atoms with Crippen LogP contribution in [0.1, 0.15) is 6.92 Å². The van der Waals surface area contributed by atoms with Crippen LogP contribution < -0.4 is 0 Å². The molecule has 2 rings (SSSR count). The Balaban J connectivity index is 1.93. The SMILES string of the molecule is C=CC(C)N1C[C@H]2CN(C)C[C@H]2C1. The van der Waals surface area contributed by atoms with E-state index in [1.807, 2.05) is 0 Å². The Hall–Kier alpha value is -0.340. The molecule has 74 valence electrons. The summed E-state index contributed by atoms with van der Waals surface area (Å²) in [7, 11) is 2.24. The van der Waals surface area contributed by atoms with E-state index in [1.54, 1.807) is 0 Å². The van der Waals surface area contributed by atoms with Crippen LogP contribution in [-0.2, 0) is 0 Å². The Labute approximate surface area is 81.2 Å². The van der Waals surface area contributed by atoms with E-state index in [-0.39, 0.29) is 0 Å². The highest BCUT2D eigenvalue weighted by Gasteiger charge is 2.39. The van der Waals surface area contributed by atoms with Crippen molar-refractivity contribution in [3.8, 4) is 0 Å².